The van der Waals surface area contributed by atoms with Crippen LogP contribution < -0.4 is 5.32 Å². The molecule has 6 rings (SSSR count). The number of halogens is 2. The van der Waals surface area contributed by atoms with Crippen molar-refractivity contribution in [3.8, 4) is 0 Å². The zero-order valence-electron chi connectivity index (χ0n) is 28.7. The number of rotatable bonds is 14. The highest BCUT2D eigenvalue weighted by atomic mass is 35.5. The van der Waals surface area contributed by atoms with Crippen LogP contribution in [0.2, 0.25) is 10.0 Å². The molecule has 0 unspecified atom stereocenters. The molecule has 0 aliphatic carbocycles. The van der Waals surface area contributed by atoms with E-state index in [-0.39, 0.29) is 29.8 Å². The molecule has 2 heterocycles. The van der Waals surface area contributed by atoms with Crippen LogP contribution in [0.1, 0.15) is 60.6 Å². The third-order valence-electron chi connectivity index (χ3n) is 9.26. The molecule has 3 N–H and O–H groups in total. The number of nitrogens with one attached hydrogen (secondary N) is 1. The molecular weight excluding hydrogens is 699 g/mol. The average Bonchev–Trinajstić information content (AvgIpc) is 3.81. The molecule has 1 aromatic heterocycles. The van der Waals surface area contributed by atoms with E-state index in [0.717, 1.165) is 24.1 Å². The van der Waals surface area contributed by atoms with Crippen LogP contribution in [-0.2, 0) is 28.3 Å². The lowest BCUT2D eigenvalue weighted by Gasteiger charge is -2.30. The summed E-state index contributed by atoms with van der Waals surface area (Å²) in [6.45, 7) is 3.62. The van der Waals surface area contributed by atoms with Crippen molar-refractivity contribution in [1.82, 2.24) is 19.9 Å². The van der Waals surface area contributed by atoms with E-state index in [0.29, 0.717) is 52.8 Å². The Balaban J connectivity index is 1.40. The highest BCUT2D eigenvalue weighted by Crippen LogP contribution is 2.35. The van der Waals surface area contributed by atoms with E-state index in [1.54, 1.807) is 53.3 Å². The Morgan fingerprint density at radius 2 is 1.62 bits per heavy atom. The quantitative estimate of drug-likeness (QED) is 0.103. The Morgan fingerprint density at radius 1 is 0.942 bits per heavy atom. The Kier molecular flexibility index (Phi) is 11.8. The molecule has 52 heavy (non-hydrogen) atoms. The van der Waals surface area contributed by atoms with Crippen molar-refractivity contribution >= 4 is 46.5 Å². The fourth-order valence-electron chi connectivity index (χ4n) is 6.73. The van der Waals surface area contributed by atoms with Gasteiger partial charge >= 0.3 is 5.97 Å². The minimum absolute atomic E-state index is 0.0192. The monoisotopic (exact) mass is 738 g/mol. The number of carbonyl (C=O) groups excluding carboxylic acids is 1. The topological polar surface area (TPSA) is 133 Å². The highest BCUT2D eigenvalue weighted by molar-refractivity contribution is 6.36. The third-order valence-corrected chi connectivity index (χ3v) is 9.83. The van der Waals surface area contributed by atoms with Crippen LogP contribution in [0.5, 0.6) is 0 Å². The summed E-state index contributed by atoms with van der Waals surface area (Å²) in [5.74, 6) is -1.59. The molecule has 1 aliphatic rings. The molecule has 10 nitrogen and oxygen atoms in total. The van der Waals surface area contributed by atoms with Crippen LogP contribution in [0.15, 0.2) is 114 Å². The van der Waals surface area contributed by atoms with E-state index < -0.39 is 17.6 Å². The first-order chi connectivity index (χ1) is 25.2. The van der Waals surface area contributed by atoms with Gasteiger partial charge in [0.15, 0.2) is 6.04 Å². The lowest BCUT2D eigenvalue weighted by atomic mass is 9.86. The van der Waals surface area contributed by atoms with E-state index in [2.05, 4.69) is 20.5 Å². The second-order valence-corrected chi connectivity index (χ2v) is 13.8. The number of anilines is 1. The Hall–Kier alpha value is -4.87. The van der Waals surface area contributed by atoms with Crippen LogP contribution >= 0.6 is 23.2 Å². The van der Waals surface area contributed by atoms with Gasteiger partial charge in [-0.2, -0.15) is 0 Å². The van der Waals surface area contributed by atoms with Crippen molar-refractivity contribution in [3.05, 3.63) is 147 Å². The van der Waals surface area contributed by atoms with Crippen molar-refractivity contribution in [3.63, 3.8) is 0 Å². The maximum atomic E-state index is 14.0. The number of amides is 1. The molecule has 1 aliphatic heterocycles. The molecule has 3 atom stereocenters. The average molecular weight is 740 g/mol. The normalized spacial score (nSPS) is 16.7. The van der Waals surface area contributed by atoms with Crippen LogP contribution in [0, 0.1) is 0 Å². The number of aliphatic imine (C=N–C) groups is 1. The predicted octanol–water partition coefficient (Wildman–Crippen LogP) is 7.21. The van der Waals surface area contributed by atoms with Gasteiger partial charge in [-0.15, -0.1) is 5.10 Å². The van der Waals surface area contributed by atoms with Crippen LogP contribution in [0.3, 0.4) is 0 Å². The first kappa shape index (κ1) is 36.9. The van der Waals surface area contributed by atoms with Crippen molar-refractivity contribution in [1.29, 1.82) is 0 Å². The smallest absolute Gasteiger partial charge is 0.331 e. The molecule has 0 spiro atoms. The van der Waals surface area contributed by atoms with E-state index in [4.69, 9.17) is 28.2 Å². The summed E-state index contributed by atoms with van der Waals surface area (Å²) in [4.78, 5) is 34.1. The molecule has 0 saturated carbocycles. The van der Waals surface area contributed by atoms with Gasteiger partial charge in [0.2, 0.25) is 5.91 Å². The first-order valence-corrected chi connectivity index (χ1v) is 18.0. The zero-order chi connectivity index (χ0) is 36.7. The van der Waals surface area contributed by atoms with E-state index in [1.165, 1.54) is 0 Å². The molecule has 1 fully saturated rings. The molecule has 4 aromatic carbocycles. The van der Waals surface area contributed by atoms with Crippen molar-refractivity contribution < 1.29 is 19.8 Å². The number of aromatic nitrogens is 3. The van der Waals surface area contributed by atoms with Gasteiger partial charge in [-0.05, 0) is 61.2 Å². The predicted molar refractivity (Wildman–Crippen MR) is 203 cm³/mol. The summed E-state index contributed by atoms with van der Waals surface area (Å²) in [6, 6.07) is 29.3. The number of carboxylic acid groups (broad SMARTS) is 1. The third kappa shape index (κ3) is 8.43. The van der Waals surface area contributed by atoms with Gasteiger partial charge in [-0.3, -0.25) is 14.7 Å². The van der Waals surface area contributed by atoms with E-state index in [9.17, 15) is 19.8 Å². The Bertz CT molecular complexity index is 2040. The molecule has 1 amide bonds. The maximum absolute atomic E-state index is 14.0. The summed E-state index contributed by atoms with van der Waals surface area (Å²) in [5.41, 5.74) is 1.33. The van der Waals surface area contributed by atoms with Gasteiger partial charge in [-0.1, -0.05) is 121 Å². The largest absolute Gasteiger partial charge is 0.480 e. The molecular formula is C40H40Cl2N6O4. The summed E-state index contributed by atoms with van der Waals surface area (Å²) in [7, 11) is 0. The number of carbonyl (C=O) groups is 2. The number of aliphatic hydroxyl groups is 1. The molecule has 0 radical (unpaired) electrons. The van der Waals surface area contributed by atoms with E-state index in [1.807, 2.05) is 67.6 Å². The first-order valence-electron chi connectivity index (χ1n) is 17.3. The molecule has 0 bridgehead atoms. The van der Waals surface area contributed by atoms with Gasteiger partial charge in [0.05, 0.1) is 30.2 Å². The SMILES string of the molecule is CCC[C@@](O)(c1cn(Cc2ccccc2)nn1)[C@@H](N=C(c1ccccc1Cl)c1cc(Cl)ccc1NC(=O)[C@@H]1CCCN1Cc1ccccc1)C(=O)O. The van der Waals surface area contributed by atoms with Crippen LogP contribution in [-0.4, -0.2) is 66.3 Å². The Labute approximate surface area is 312 Å². The number of aliphatic carboxylic acids is 1. The van der Waals surface area contributed by atoms with Gasteiger partial charge < -0.3 is 15.5 Å². The molecule has 5 aromatic rings. The van der Waals surface area contributed by atoms with Crippen molar-refractivity contribution in [2.75, 3.05) is 11.9 Å². The summed E-state index contributed by atoms with van der Waals surface area (Å²) >= 11 is 13.3. The number of hydrogen-bond acceptors (Lipinski definition) is 7. The van der Waals surface area contributed by atoms with Crippen molar-refractivity contribution in [2.24, 2.45) is 4.99 Å². The number of hydrogen-bond donors (Lipinski definition) is 3. The highest BCUT2D eigenvalue weighted by Gasteiger charge is 2.45. The van der Waals surface area contributed by atoms with Gasteiger partial charge in [0.25, 0.3) is 0 Å². The van der Waals surface area contributed by atoms with Gasteiger partial charge in [0, 0.05) is 27.7 Å². The van der Waals surface area contributed by atoms with Gasteiger partial charge in [-0.25, -0.2) is 9.48 Å². The minimum Gasteiger partial charge on any atom is -0.480 e. The second-order valence-electron chi connectivity index (χ2n) is 13.0. The van der Waals surface area contributed by atoms with Gasteiger partial charge in [0.1, 0.15) is 11.3 Å². The maximum Gasteiger partial charge on any atom is 0.331 e. The van der Waals surface area contributed by atoms with Crippen molar-refractivity contribution in [2.45, 2.75) is 63.4 Å². The number of carboxylic acids is 1. The van der Waals surface area contributed by atoms with Crippen LogP contribution in [0.25, 0.3) is 0 Å². The minimum atomic E-state index is -2.06. The number of benzene rings is 4. The van der Waals surface area contributed by atoms with E-state index >= 15 is 0 Å². The molecule has 268 valence electrons. The molecule has 12 heteroatoms. The molecule has 1 saturated heterocycles. The fourth-order valence-corrected chi connectivity index (χ4v) is 7.13. The second kappa shape index (κ2) is 16.6. The standard InChI is InChI=1S/C40H40Cl2N6O4/c1-2-21-40(52,35-26-48(46-45-35)25-28-14-7-4-8-15-28)37(39(50)51)44-36(30-16-9-10-17-32(30)42)31-23-29(41)19-20-33(31)43-38(49)34-18-11-22-47(34)24-27-12-5-3-6-13-27/h3-10,12-17,19-20,23,26,34,37,52H,2,11,18,21-22,24-25H2,1H3,(H,43,49)(H,50,51)/t34-,37-,40+/m0/s1. The number of likely N-dealkylation sites (tertiary alicyclic amines) is 1. The summed E-state index contributed by atoms with van der Waals surface area (Å²) in [5, 5.41) is 35.3. The zero-order valence-corrected chi connectivity index (χ0v) is 30.2. The summed E-state index contributed by atoms with van der Waals surface area (Å²) < 4.78 is 1.55. The summed E-state index contributed by atoms with van der Waals surface area (Å²) in [6.07, 6.45) is 3.55. The fraction of sp³-hybridized carbons (Fsp3) is 0.275. The lowest BCUT2D eigenvalue weighted by molar-refractivity contribution is -0.146. The van der Waals surface area contributed by atoms with Crippen LogP contribution in [0.4, 0.5) is 5.69 Å². The Morgan fingerprint density at radius 3 is 2.29 bits per heavy atom. The lowest BCUT2D eigenvalue weighted by Crippen LogP contribution is -2.44. The number of nitrogens with zero attached hydrogens (tertiary/aromatic N) is 5.